The van der Waals surface area contributed by atoms with Crippen LogP contribution in [0.5, 0.6) is 0 Å². The molecule has 8 rings (SSSR count). The number of amides is 2. The van der Waals surface area contributed by atoms with Gasteiger partial charge >= 0.3 is 0 Å². The van der Waals surface area contributed by atoms with Crippen LogP contribution in [0.4, 0.5) is 11.5 Å². The van der Waals surface area contributed by atoms with Crippen LogP contribution in [-0.4, -0.2) is 95.1 Å². The Morgan fingerprint density at radius 3 is 2.76 bits per heavy atom. The molecule has 45 heavy (non-hydrogen) atoms. The maximum absolute atomic E-state index is 12.8. The van der Waals surface area contributed by atoms with E-state index in [0.29, 0.717) is 32.8 Å². The predicted molar refractivity (Wildman–Crippen MR) is 175 cm³/mol. The number of benzene rings is 1. The van der Waals surface area contributed by atoms with Gasteiger partial charge in [0.2, 0.25) is 11.8 Å². The van der Waals surface area contributed by atoms with Crippen molar-refractivity contribution in [1.29, 1.82) is 0 Å². The van der Waals surface area contributed by atoms with Crippen LogP contribution in [0.1, 0.15) is 50.4 Å². The van der Waals surface area contributed by atoms with Crippen molar-refractivity contribution in [1.82, 2.24) is 35.4 Å². The molecule has 0 saturated carbocycles. The molecule has 11 nitrogen and oxygen atoms in total. The SMILES string of the molecule is CC(=O)NCCCOCC1CN2CCN1Cc1cccc(c1)Nc1cc(ccn1)-c1cnc(nc1)CCCCCCNC(=O)C2. The van der Waals surface area contributed by atoms with Crippen molar-refractivity contribution in [3.8, 4) is 11.1 Å². The summed E-state index contributed by atoms with van der Waals surface area (Å²) in [5, 5.41) is 9.41. The molecule has 3 N–H and O–H groups in total. The highest BCUT2D eigenvalue weighted by molar-refractivity contribution is 5.78. The summed E-state index contributed by atoms with van der Waals surface area (Å²) >= 11 is 0. The fraction of sp³-hybridized carbons (Fsp3) is 0.500. The molecule has 11 heteroatoms. The van der Waals surface area contributed by atoms with Crippen molar-refractivity contribution in [3.05, 3.63) is 66.4 Å². The Morgan fingerprint density at radius 2 is 1.89 bits per heavy atom. The van der Waals surface area contributed by atoms with Gasteiger partial charge in [0.1, 0.15) is 11.6 Å². The van der Waals surface area contributed by atoms with E-state index >= 15 is 0 Å². The number of carbonyl (C=O) groups excluding carboxylic acids is 2. The standard InChI is InChI=1S/C34H46N8O3/c1-26(43)35-13-7-17-45-25-31-23-41-15-16-42(31)22-27-8-6-9-30(18-27)40-33-19-28(11-14-36-33)29-20-38-32(39-21-29)10-4-2-3-5-12-37-34(44)24-41/h6,8-9,11,14,18-21,31H,2-5,7,10,12-13,15-17,22-25H2,1H3,(H,35,43)(H,36,40)(H,37,44). The van der Waals surface area contributed by atoms with E-state index in [1.54, 1.807) is 0 Å². The molecular weight excluding hydrogens is 568 g/mol. The minimum absolute atomic E-state index is 0.0268. The Labute approximate surface area is 266 Å². The van der Waals surface area contributed by atoms with Crippen molar-refractivity contribution in [2.24, 2.45) is 0 Å². The van der Waals surface area contributed by atoms with E-state index < -0.39 is 0 Å². The van der Waals surface area contributed by atoms with Crippen molar-refractivity contribution in [2.45, 2.75) is 58.0 Å². The largest absolute Gasteiger partial charge is 0.380 e. The first-order chi connectivity index (χ1) is 22.0. The molecular formula is C34H46N8O3. The monoisotopic (exact) mass is 614 g/mol. The maximum Gasteiger partial charge on any atom is 0.234 e. The smallest absolute Gasteiger partial charge is 0.234 e. The Kier molecular flexibility index (Phi) is 12.2. The summed E-state index contributed by atoms with van der Waals surface area (Å²) in [6.07, 6.45) is 11.3. The van der Waals surface area contributed by atoms with Gasteiger partial charge in [0.15, 0.2) is 0 Å². The van der Waals surface area contributed by atoms with E-state index in [1.807, 2.05) is 30.7 Å². The Morgan fingerprint density at radius 1 is 1.02 bits per heavy atom. The third-order valence-electron chi connectivity index (χ3n) is 8.24. The van der Waals surface area contributed by atoms with Crippen LogP contribution >= 0.6 is 0 Å². The number of aromatic nitrogens is 3. The number of ether oxygens (including phenoxy) is 1. The Hall–Kier alpha value is -3.93. The molecule has 3 atom stereocenters. The molecule has 3 unspecified atom stereocenters. The van der Waals surface area contributed by atoms with Crippen LogP contribution in [0.2, 0.25) is 0 Å². The van der Waals surface area contributed by atoms with E-state index in [9.17, 15) is 9.59 Å². The summed E-state index contributed by atoms with van der Waals surface area (Å²) < 4.78 is 6.08. The molecule has 3 aromatic rings. The van der Waals surface area contributed by atoms with Gasteiger partial charge in [0.25, 0.3) is 0 Å². The summed E-state index contributed by atoms with van der Waals surface area (Å²) in [4.78, 5) is 42.4. The first kappa shape index (κ1) is 32.5. The molecule has 1 saturated heterocycles. The highest BCUT2D eigenvalue weighted by Gasteiger charge is 2.28. The van der Waals surface area contributed by atoms with Gasteiger partial charge in [-0.3, -0.25) is 19.4 Å². The summed E-state index contributed by atoms with van der Waals surface area (Å²) in [6.45, 7) is 7.56. The summed E-state index contributed by atoms with van der Waals surface area (Å²) in [5.41, 5.74) is 4.13. The second kappa shape index (κ2) is 17.0. The number of hydrogen-bond acceptors (Lipinski definition) is 9. The lowest BCUT2D eigenvalue weighted by molar-refractivity contribution is -0.123. The normalized spacial score (nSPS) is 21.2. The lowest BCUT2D eigenvalue weighted by Gasteiger charge is -2.41. The molecule has 8 bridgehead atoms. The molecule has 2 aromatic heterocycles. The molecule has 0 spiro atoms. The van der Waals surface area contributed by atoms with Gasteiger partial charge in [-0.25, -0.2) is 15.0 Å². The molecule has 1 fully saturated rings. The number of nitrogens with one attached hydrogen (secondary N) is 3. The third kappa shape index (κ3) is 10.6. The van der Waals surface area contributed by atoms with E-state index in [1.165, 1.54) is 12.5 Å². The molecule has 1 aromatic carbocycles. The van der Waals surface area contributed by atoms with Gasteiger partial charge in [0, 0.05) is 95.1 Å². The maximum atomic E-state index is 12.8. The van der Waals surface area contributed by atoms with Crippen LogP contribution in [0, 0.1) is 0 Å². The second-order valence-electron chi connectivity index (χ2n) is 11.9. The average molecular weight is 615 g/mol. The first-order valence-electron chi connectivity index (χ1n) is 16.2. The van der Waals surface area contributed by atoms with Gasteiger partial charge in [-0.15, -0.1) is 0 Å². The van der Waals surface area contributed by atoms with Gasteiger partial charge in [-0.05, 0) is 54.7 Å². The summed E-state index contributed by atoms with van der Waals surface area (Å²) in [5.74, 6) is 1.67. The zero-order valence-electron chi connectivity index (χ0n) is 26.3. The van der Waals surface area contributed by atoms with Gasteiger partial charge in [0.05, 0.1) is 13.2 Å². The molecule has 0 aliphatic carbocycles. The summed E-state index contributed by atoms with van der Waals surface area (Å²) in [6, 6.07) is 12.6. The average Bonchev–Trinajstić information content (AvgIpc) is 3.03. The van der Waals surface area contributed by atoms with Gasteiger partial charge < -0.3 is 20.7 Å². The molecule has 2 amide bonds. The second-order valence-corrected chi connectivity index (χ2v) is 11.9. The number of nitrogens with zero attached hydrogens (tertiary/aromatic N) is 5. The number of rotatable bonds is 6. The lowest BCUT2D eigenvalue weighted by Crippen LogP contribution is -2.56. The van der Waals surface area contributed by atoms with E-state index in [-0.39, 0.29) is 17.9 Å². The van der Waals surface area contributed by atoms with E-state index in [2.05, 4.69) is 65.0 Å². The summed E-state index contributed by atoms with van der Waals surface area (Å²) in [7, 11) is 0. The fourth-order valence-electron chi connectivity index (χ4n) is 5.81. The quantitative estimate of drug-likeness (QED) is 0.358. The zero-order valence-corrected chi connectivity index (χ0v) is 26.3. The number of pyridine rings is 1. The molecule has 5 aliphatic heterocycles. The zero-order chi connectivity index (χ0) is 31.3. The van der Waals surface area contributed by atoms with Crippen LogP contribution < -0.4 is 16.0 Å². The molecule has 7 heterocycles. The topological polar surface area (TPSA) is 125 Å². The van der Waals surface area contributed by atoms with E-state index in [4.69, 9.17) is 4.74 Å². The third-order valence-corrected chi connectivity index (χ3v) is 8.24. The Balaban J connectivity index is 1.29. The van der Waals surface area contributed by atoms with Crippen molar-refractivity contribution < 1.29 is 14.3 Å². The molecule has 5 aliphatic rings. The number of carbonyl (C=O) groups is 2. The highest BCUT2D eigenvalue weighted by Crippen LogP contribution is 2.24. The minimum Gasteiger partial charge on any atom is -0.380 e. The fourth-order valence-corrected chi connectivity index (χ4v) is 5.81. The number of piperazine rings is 1. The number of anilines is 2. The van der Waals surface area contributed by atoms with Crippen molar-refractivity contribution >= 4 is 23.3 Å². The number of hydrogen-bond donors (Lipinski definition) is 3. The van der Waals surface area contributed by atoms with Crippen LogP contribution in [-0.2, 0) is 27.3 Å². The van der Waals surface area contributed by atoms with Gasteiger partial charge in [-0.1, -0.05) is 25.0 Å². The van der Waals surface area contributed by atoms with Crippen LogP contribution in [0.3, 0.4) is 0 Å². The predicted octanol–water partition coefficient (Wildman–Crippen LogP) is 3.54. The minimum atomic E-state index is -0.0268. The highest BCUT2D eigenvalue weighted by atomic mass is 16.5. The first-order valence-corrected chi connectivity index (χ1v) is 16.2. The molecule has 0 radical (unpaired) electrons. The Bertz CT molecular complexity index is 1390. The van der Waals surface area contributed by atoms with E-state index in [0.717, 1.165) is 93.2 Å². The lowest BCUT2D eigenvalue weighted by atomic mass is 10.1. The molecule has 240 valence electrons. The van der Waals surface area contributed by atoms with Crippen molar-refractivity contribution in [2.75, 3.05) is 57.8 Å². The number of aryl methyl sites for hydroxylation is 1. The van der Waals surface area contributed by atoms with Crippen molar-refractivity contribution in [3.63, 3.8) is 0 Å². The van der Waals surface area contributed by atoms with Crippen LogP contribution in [0.15, 0.2) is 55.0 Å². The van der Waals surface area contributed by atoms with Gasteiger partial charge in [-0.2, -0.15) is 0 Å². The van der Waals surface area contributed by atoms with Crippen LogP contribution in [0.25, 0.3) is 11.1 Å².